The van der Waals surface area contributed by atoms with Crippen LogP contribution in [0.4, 0.5) is 0 Å². The highest BCUT2D eigenvalue weighted by atomic mass is 16.5. The summed E-state index contributed by atoms with van der Waals surface area (Å²) in [4.78, 5) is 23.9. The summed E-state index contributed by atoms with van der Waals surface area (Å²) in [6, 6.07) is 0. The fourth-order valence-corrected chi connectivity index (χ4v) is 2.47. The Bertz CT molecular complexity index is 347. The molecule has 0 aliphatic carbocycles. The molecule has 0 saturated heterocycles. The van der Waals surface area contributed by atoms with Crippen LogP contribution in [0.25, 0.3) is 0 Å². The van der Waals surface area contributed by atoms with Gasteiger partial charge in [0.25, 0.3) is 0 Å². The standard InChI is InChI=1S/C17H34N2O4/c1-6-22-10-8-15(20)18-13-17(5,12-14(3)4)19-16(21)9-11-23-7-2/h14H,6-13H2,1-5H3,(H,18,20)(H,19,21)/t17-/m0/s1. The number of carbonyl (C=O) groups excluding carboxylic acids is 2. The molecule has 0 aliphatic rings. The lowest BCUT2D eigenvalue weighted by atomic mass is 9.90. The average molecular weight is 330 g/mol. The Balaban J connectivity index is 4.40. The molecule has 0 bridgehead atoms. The molecule has 23 heavy (non-hydrogen) atoms. The van der Waals surface area contributed by atoms with Crippen molar-refractivity contribution in [1.29, 1.82) is 0 Å². The van der Waals surface area contributed by atoms with Gasteiger partial charge < -0.3 is 20.1 Å². The van der Waals surface area contributed by atoms with Crippen molar-refractivity contribution in [3.8, 4) is 0 Å². The summed E-state index contributed by atoms with van der Waals surface area (Å²) in [6.45, 7) is 12.4. The first kappa shape index (κ1) is 21.9. The molecule has 0 fully saturated rings. The molecule has 0 aromatic heterocycles. The quantitative estimate of drug-likeness (QED) is 0.506. The molecule has 1 atom stereocenters. The van der Waals surface area contributed by atoms with E-state index >= 15 is 0 Å². The maximum absolute atomic E-state index is 12.0. The van der Waals surface area contributed by atoms with E-state index in [2.05, 4.69) is 24.5 Å². The predicted octanol–water partition coefficient (Wildman–Crippen LogP) is 1.88. The van der Waals surface area contributed by atoms with Gasteiger partial charge in [-0.2, -0.15) is 0 Å². The van der Waals surface area contributed by atoms with Crippen LogP contribution in [-0.4, -0.2) is 50.3 Å². The highest BCUT2D eigenvalue weighted by Gasteiger charge is 2.27. The van der Waals surface area contributed by atoms with Gasteiger partial charge in [0.15, 0.2) is 0 Å². The van der Waals surface area contributed by atoms with E-state index in [0.29, 0.717) is 51.7 Å². The molecule has 6 nitrogen and oxygen atoms in total. The molecule has 0 spiro atoms. The number of ether oxygens (including phenoxy) is 2. The van der Waals surface area contributed by atoms with E-state index in [0.717, 1.165) is 6.42 Å². The maximum atomic E-state index is 12.0. The number of rotatable bonds is 13. The Morgan fingerprint density at radius 1 is 1.00 bits per heavy atom. The van der Waals surface area contributed by atoms with E-state index in [1.807, 2.05) is 20.8 Å². The number of nitrogens with one attached hydrogen (secondary N) is 2. The Morgan fingerprint density at radius 3 is 2.00 bits per heavy atom. The number of amides is 2. The van der Waals surface area contributed by atoms with Gasteiger partial charge in [0, 0.05) is 32.6 Å². The van der Waals surface area contributed by atoms with Crippen LogP contribution < -0.4 is 10.6 Å². The van der Waals surface area contributed by atoms with E-state index in [4.69, 9.17) is 9.47 Å². The van der Waals surface area contributed by atoms with Gasteiger partial charge in [0.05, 0.1) is 18.8 Å². The average Bonchev–Trinajstić information content (AvgIpc) is 2.45. The molecule has 2 amide bonds. The van der Waals surface area contributed by atoms with Gasteiger partial charge in [-0.3, -0.25) is 9.59 Å². The molecule has 0 rings (SSSR count). The Hall–Kier alpha value is -1.14. The van der Waals surface area contributed by atoms with E-state index in [1.165, 1.54) is 0 Å². The summed E-state index contributed by atoms with van der Waals surface area (Å²) >= 11 is 0. The lowest BCUT2D eigenvalue weighted by molar-refractivity contribution is -0.126. The normalized spacial score (nSPS) is 13.7. The summed E-state index contributed by atoms with van der Waals surface area (Å²) in [5.41, 5.74) is -0.460. The molecule has 0 saturated carbocycles. The van der Waals surface area contributed by atoms with Crippen LogP contribution in [0.1, 0.15) is 53.9 Å². The van der Waals surface area contributed by atoms with Crippen molar-refractivity contribution in [2.75, 3.05) is 33.0 Å². The largest absolute Gasteiger partial charge is 0.381 e. The number of hydrogen-bond acceptors (Lipinski definition) is 4. The van der Waals surface area contributed by atoms with Crippen molar-refractivity contribution >= 4 is 11.8 Å². The zero-order valence-corrected chi connectivity index (χ0v) is 15.4. The van der Waals surface area contributed by atoms with Crippen LogP contribution in [0.2, 0.25) is 0 Å². The van der Waals surface area contributed by atoms with Crippen molar-refractivity contribution in [2.24, 2.45) is 5.92 Å². The minimum absolute atomic E-state index is 0.0508. The minimum Gasteiger partial charge on any atom is -0.381 e. The molecule has 2 N–H and O–H groups in total. The molecule has 6 heteroatoms. The van der Waals surface area contributed by atoms with Crippen molar-refractivity contribution < 1.29 is 19.1 Å². The maximum Gasteiger partial charge on any atom is 0.222 e. The Morgan fingerprint density at radius 2 is 1.52 bits per heavy atom. The molecule has 0 heterocycles. The third-order valence-electron chi connectivity index (χ3n) is 3.33. The first-order valence-corrected chi connectivity index (χ1v) is 8.56. The van der Waals surface area contributed by atoms with E-state index < -0.39 is 5.54 Å². The van der Waals surface area contributed by atoms with Gasteiger partial charge >= 0.3 is 0 Å². The molecular formula is C17H34N2O4. The SMILES string of the molecule is CCOCCC(=O)NC[C@](C)(CC(C)C)NC(=O)CCOCC. The highest BCUT2D eigenvalue weighted by Crippen LogP contribution is 2.16. The lowest BCUT2D eigenvalue weighted by Crippen LogP contribution is -2.54. The molecule has 0 aromatic rings. The molecule has 0 radical (unpaired) electrons. The lowest BCUT2D eigenvalue weighted by Gasteiger charge is -2.33. The van der Waals surface area contributed by atoms with E-state index in [-0.39, 0.29) is 11.8 Å². The van der Waals surface area contributed by atoms with E-state index in [9.17, 15) is 9.59 Å². The molecule has 0 aliphatic heterocycles. The fraction of sp³-hybridized carbons (Fsp3) is 0.882. The minimum atomic E-state index is -0.460. The summed E-state index contributed by atoms with van der Waals surface area (Å²) in [6.07, 6.45) is 1.46. The molecule has 0 aromatic carbocycles. The highest BCUT2D eigenvalue weighted by molar-refractivity contribution is 5.78. The van der Waals surface area contributed by atoms with Crippen LogP contribution >= 0.6 is 0 Å². The van der Waals surface area contributed by atoms with Gasteiger partial charge in [0.1, 0.15) is 0 Å². The predicted molar refractivity (Wildman–Crippen MR) is 91.2 cm³/mol. The Labute approximate surface area is 140 Å². The summed E-state index contributed by atoms with van der Waals surface area (Å²) in [5.74, 6) is 0.301. The van der Waals surface area contributed by atoms with Crippen LogP contribution in [0, 0.1) is 5.92 Å². The summed E-state index contributed by atoms with van der Waals surface area (Å²) < 4.78 is 10.4. The second-order valence-corrected chi connectivity index (χ2v) is 6.38. The van der Waals surface area contributed by atoms with Gasteiger partial charge in [0.2, 0.25) is 11.8 Å². The third kappa shape index (κ3) is 12.0. The van der Waals surface area contributed by atoms with Crippen molar-refractivity contribution in [1.82, 2.24) is 10.6 Å². The van der Waals surface area contributed by atoms with Gasteiger partial charge in [-0.15, -0.1) is 0 Å². The topological polar surface area (TPSA) is 76.7 Å². The zero-order valence-electron chi connectivity index (χ0n) is 15.4. The first-order valence-electron chi connectivity index (χ1n) is 8.56. The van der Waals surface area contributed by atoms with Gasteiger partial charge in [-0.1, -0.05) is 13.8 Å². The Kier molecular flexibility index (Phi) is 11.7. The van der Waals surface area contributed by atoms with Crippen LogP contribution in [0.15, 0.2) is 0 Å². The van der Waals surface area contributed by atoms with Crippen molar-refractivity contribution in [3.05, 3.63) is 0 Å². The second-order valence-electron chi connectivity index (χ2n) is 6.38. The summed E-state index contributed by atoms with van der Waals surface area (Å²) in [7, 11) is 0. The molecular weight excluding hydrogens is 296 g/mol. The molecule has 136 valence electrons. The zero-order chi connectivity index (χ0) is 17.7. The smallest absolute Gasteiger partial charge is 0.222 e. The van der Waals surface area contributed by atoms with Crippen LogP contribution in [0.3, 0.4) is 0 Å². The second kappa shape index (κ2) is 12.3. The fourth-order valence-electron chi connectivity index (χ4n) is 2.47. The van der Waals surface area contributed by atoms with Gasteiger partial charge in [-0.05, 0) is 33.1 Å². The first-order chi connectivity index (χ1) is 10.8. The van der Waals surface area contributed by atoms with Crippen LogP contribution in [-0.2, 0) is 19.1 Å². The monoisotopic (exact) mass is 330 g/mol. The van der Waals surface area contributed by atoms with Crippen LogP contribution in [0.5, 0.6) is 0 Å². The van der Waals surface area contributed by atoms with E-state index in [1.54, 1.807) is 0 Å². The van der Waals surface area contributed by atoms with Gasteiger partial charge in [-0.25, -0.2) is 0 Å². The third-order valence-corrected chi connectivity index (χ3v) is 3.33. The number of carbonyl (C=O) groups is 2. The summed E-state index contributed by atoms with van der Waals surface area (Å²) in [5, 5.41) is 5.94. The van der Waals surface area contributed by atoms with Crippen molar-refractivity contribution in [3.63, 3.8) is 0 Å². The molecule has 0 unspecified atom stereocenters. The van der Waals surface area contributed by atoms with Crippen molar-refractivity contribution in [2.45, 2.75) is 59.4 Å². The number of hydrogen-bond donors (Lipinski definition) is 2.